The normalized spacial score (nSPS) is 22.0. The zero-order valence-electron chi connectivity index (χ0n) is 22.4. The number of hydrogen-bond donors (Lipinski definition) is 1. The summed E-state index contributed by atoms with van der Waals surface area (Å²) in [5.74, 6) is -3.68. The highest BCUT2D eigenvalue weighted by Crippen LogP contribution is 2.59. The van der Waals surface area contributed by atoms with Gasteiger partial charge in [-0.1, -0.05) is 25.4 Å². The number of nitriles is 1. The summed E-state index contributed by atoms with van der Waals surface area (Å²) in [6.07, 6.45) is -5.04. The number of halogens is 4. The molecule has 1 amide bonds. The molecule has 3 atom stereocenters. The zero-order chi connectivity index (χ0) is 29.5. The average Bonchev–Trinajstić information content (AvgIpc) is 3.83. The summed E-state index contributed by atoms with van der Waals surface area (Å²) in [5, 5.41) is 10.5. The molecule has 1 aliphatic heterocycles. The second-order valence-corrected chi connectivity index (χ2v) is 13.9. The molecule has 1 N–H and O–H groups in total. The smallest absolute Gasteiger partial charge is 0.378 e. The van der Waals surface area contributed by atoms with Crippen LogP contribution in [-0.4, -0.2) is 63.4 Å². The van der Waals surface area contributed by atoms with Crippen LogP contribution in [0.5, 0.6) is 0 Å². The molecule has 1 heterocycles. The Labute approximate surface area is 237 Å². The summed E-state index contributed by atoms with van der Waals surface area (Å²) in [5.41, 5.74) is -2.70. The Morgan fingerprint density at radius 2 is 1.73 bits per heavy atom. The van der Waals surface area contributed by atoms with Crippen molar-refractivity contribution in [3.05, 3.63) is 23.2 Å². The van der Waals surface area contributed by atoms with E-state index in [9.17, 15) is 36.4 Å². The highest BCUT2D eigenvalue weighted by molar-refractivity contribution is 7.92. The highest BCUT2D eigenvalue weighted by atomic mass is 35.5. The molecule has 40 heavy (non-hydrogen) atoms. The Bertz CT molecular complexity index is 1300. The molecule has 2 aliphatic carbocycles. The van der Waals surface area contributed by atoms with Crippen molar-refractivity contribution in [3.8, 4) is 6.07 Å². The molecule has 8 nitrogen and oxygen atoms in total. The van der Waals surface area contributed by atoms with Crippen LogP contribution in [0.2, 0.25) is 5.02 Å². The molecule has 1 saturated heterocycles. The molecule has 0 radical (unpaired) electrons. The fraction of sp³-hybridized carbons (Fsp3) is 0.667. The first kappa shape index (κ1) is 30.6. The van der Waals surface area contributed by atoms with E-state index in [4.69, 9.17) is 16.3 Å². The van der Waals surface area contributed by atoms with Gasteiger partial charge in [-0.3, -0.25) is 9.59 Å². The first-order valence-corrected chi connectivity index (χ1v) is 15.3. The molecule has 0 spiro atoms. The number of alkyl halides is 3. The Morgan fingerprint density at radius 3 is 2.23 bits per heavy atom. The second kappa shape index (κ2) is 11.1. The maximum absolute atomic E-state index is 13.9. The minimum absolute atomic E-state index is 0.0551. The third-order valence-corrected chi connectivity index (χ3v) is 10.9. The Kier molecular flexibility index (Phi) is 8.52. The number of nitrogens with one attached hydrogen (secondary N) is 1. The van der Waals surface area contributed by atoms with E-state index in [1.807, 2.05) is 11.0 Å². The number of benzene rings is 1. The molecule has 3 fully saturated rings. The van der Waals surface area contributed by atoms with Gasteiger partial charge in [-0.05, 0) is 56.7 Å². The molecular formula is C27H33ClF3N3O5S. The number of anilines is 1. The second-order valence-electron chi connectivity index (χ2n) is 11.3. The Balaban J connectivity index is 1.60. The van der Waals surface area contributed by atoms with E-state index in [0.29, 0.717) is 44.8 Å². The van der Waals surface area contributed by atoms with Gasteiger partial charge in [0.1, 0.15) is 11.0 Å². The van der Waals surface area contributed by atoms with Gasteiger partial charge in [0.25, 0.3) is 0 Å². The van der Waals surface area contributed by atoms with Crippen LogP contribution in [0.4, 0.5) is 18.9 Å². The number of morpholine rings is 1. The van der Waals surface area contributed by atoms with E-state index < -0.39 is 62.2 Å². The van der Waals surface area contributed by atoms with Crippen LogP contribution in [-0.2, 0) is 24.2 Å². The first-order valence-electron chi connectivity index (χ1n) is 13.4. The quantitative estimate of drug-likeness (QED) is 0.397. The number of amides is 1. The summed E-state index contributed by atoms with van der Waals surface area (Å²) in [6.45, 7) is 5.03. The number of ether oxygens (including phenoxy) is 1. The van der Waals surface area contributed by atoms with E-state index in [0.717, 1.165) is 0 Å². The molecular weight excluding hydrogens is 571 g/mol. The van der Waals surface area contributed by atoms with Crippen LogP contribution < -0.4 is 10.2 Å². The van der Waals surface area contributed by atoms with Gasteiger partial charge in [-0.15, -0.1) is 0 Å². The molecule has 0 aromatic heterocycles. The minimum Gasteiger partial charge on any atom is -0.378 e. The lowest BCUT2D eigenvalue weighted by atomic mass is 9.86. The number of rotatable bonds is 11. The lowest BCUT2D eigenvalue weighted by Crippen LogP contribution is -2.41. The van der Waals surface area contributed by atoms with E-state index in [1.165, 1.54) is 26.0 Å². The van der Waals surface area contributed by atoms with Gasteiger partial charge in [0, 0.05) is 30.6 Å². The van der Waals surface area contributed by atoms with Gasteiger partial charge in [0.15, 0.2) is 15.6 Å². The SMILES string of the molecule is CC(CC(CC(C)C(=O)C1(C(F)(F)F)CC1)S(=O)(=O)c1ccc(N2CCOCC2)cc1Cl)C(=O)NC1(C#N)CC1. The summed E-state index contributed by atoms with van der Waals surface area (Å²) >= 11 is 6.46. The van der Waals surface area contributed by atoms with Crippen molar-refractivity contribution >= 4 is 38.8 Å². The number of Topliss-reactive ketones (excluding diaryl/α,β-unsaturated/α-hetero) is 1. The van der Waals surface area contributed by atoms with Crippen molar-refractivity contribution in [2.24, 2.45) is 17.3 Å². The number of ketones is 1. The number of carbonyl (C=O) groups excluding carboxylic acids is 2. The predicted octanol–water partition coefficient (Wildman–Crippen LogP) is 4.46. The Hall–Kier alpha value is -2.36. The zero-order valence-corrected chi connectivity index (χ0v) is 24.0. The maximum atomic E-state index is 13.9. The molecule has 0 bridgehead atoms. The molecule has 3 unspecified atom stereocenters. The molecule has 13 heteroatoms. The summed E-state index contributed by atoms with van der Waals surface area (Å²) < 4.78 is 74.2. The van der Waals surface area contributed by atoms with Gasteiger partial charge in [-0.2, -0.15) is 18.4 Å². The largest absolute Gasteiger partial charge is 0.401 e. The van der Waals surface area contributed by atoms with Crippen LogP contribution in [0, 0.1) is 28.6 Å². The van der Waals surface area contributed by atoms with Gasteiger partial charge in [-0.25, -0.2) is 8.42 Å². The van der Waals surface area contributed by atoms with E-state index in [-0.39, 0.29) is 29.2 Å². The lowest BCUT2D eigenvalue weighted by Gasteiger charge is -2.30. The van der Waals surface area contributed by atoms with Crippen molar-refractivity contribution in [2.75, 3.05) is 31.2 Å². The highest BCUT2D eigenvalue weighted by Gasteiger charge is 2.68. The number of carbonyl (C=O) groups is 2. The predicted molar refractivity (Wildman–Crippen MR) is 141 cm³/mol. The topological polar surface area (TPSA) is 117 Å². The van der Waals surface area contributed by atoms with Crippen molar-refractivity contribution < 1.29 is 35.9 Å². The first-order chi connectivity index (χ1) is 18.7. The minimum atomic E-state index is -4.71. The van der Waals surface area contributed by atoms with Gasteiger partial charge < -0.3 is 15.0 Å². The van der Waals surface area contributed by atoms with Crippen LogP contribution in [0.3, 0.4) is 0 Å². The molecule has 2 saturated carbocycles. The number of sulfone groups is 1. The van der Waals surface area contributed by atoms with E-state index in [2.05, 4.69) is 5.32 Å². The van der Waals surface area contributed by atoms with E-state index in [1.54, 1.807) is 6.07 Å². The fourth-order valence-corrected chi connectivity index (χ4v) is 7.81. The standard InChI is InChI=1S/C27H33ClF3N3O5S/c1-17(23(35)26(7-8-26)27(29,30)31)13-20(14-18(2)24(36)33-25(16-32)5-6-25)40(37,38)22-4-3-19(15-21(22)28)34-9-11-39-12-10-34/h3-4,15,17-18,20H,5-14H2,1-2H3,(H,33,36). The van der Waals surface area contributed by atoms with Crippen LogP contribution >= 0.6 is 11.6 Å². The molecule has 1 aromatic rings. The lowest BCUT2D eigenvalue weighted by molar-refractivity contribution is -0.193. The monoisotopic (exact) mass is 603 g/mol. The number of nitrogens with zero attached hydrogens (tertiary/aromatic N) is 2. The van der Waals surface area contributed by atoms with Crippen molar-refractivity contribution in [1.29, 1.82) is 5.26 Å². The van der Waals surface area contributed by atoms with Gasteiger partial charge in [0.2, 0.25) is 5.91 Å². The molecule has 1 aromatic carbocycles. The van der Waals surface area contributed by atoms with Gasteiger partial charge in [0.05, 0.1) is 34.5 Å². The maximum Gasteiger partial charge on any atom is 0.401 e. The third kappa shape index (κ3) is 6.11. The molecule has 220 valence electrons. The fourth-order valence-electron chi connectivity index (χ4n) is 5.29. The van der Waals surface area contributed by atoms with Crippen LogP contribution in [0.1, 0.15) is 52.4 Å². The van der Waals surface area contributed by atoms with Crippen molar-refractivity contribution in [3.63, 3.8) is 0 Å². The average molecular weight is 604 g/mol. The summed E-state index contributed by atoms with van der Waals surface area (Å²) in [4.78, 5) is 27.6. The molecule has 4 rings (SSSR count). The van der Waals surface area contributed by atoms with Crippen molar-refractivity contribution in [2.45, 2.75) is 74.2 Å². The summed E-state index contributed by atoms with van der Waals surface area (Å²) in [7, 11) is -4.28. The Morgan fingerprint density at radius 1 is 1.12 bits per heavy atom. The summed E-state index contributed by atoms with van der Waals surface area (Å²) in [6, 6.07) is 6.53. The number of hydrogen-bond acceptors (Lipinski definition) is 7. The van der Waals surface area contributed by atoms with E-state index >= 15 is 0 Å². The van der Waals surface area contributed by atoms with Crippen LogP contribution in [0.15, 0.2) is 23.1 Å². The van der Waals surface area contributed by atoms with Gasteiger partial charge >= 0.3 is 6.18 Å². The molecule has 3 aliphatic rings. The van der Waals surface area contributed by atoms with Crippen molar-refractivity contribution in [1.82, 2.24) is 5.32 Å². The third-order valence-electron chi connectivity index (χ3n) is 8.26. The van der Waals surface area contributed by atoms with Crippen LogP contribution in [0.25, 0.3) is 0 Å².